The van der Waals surface area contributed by atoms with Crippen LogP contribution in [-0.2, 0) is 196 Å². The quantitative estimate of drug-likeness (QED) is 0.346. The number of rotatable bonds is 0. The molecule has 0 N–H and O–H groups in total. The normalized spacial score (nSPS) is 23.8. The van der Waals surface area contributed by atoms with Crippen LogP contribution in [0.15, 0.2) is 0 Å². The van der Waals surface area contributed by atoms with Crippen LogP contribution in [0.5, 0.6) is 0 Å². The minimum atomic E-state index is 0. The maximum absolute atomic E-state index is 2.48. The summed E-state index contributed by atoms with van der Waals surface area (Å²) in [5, 5.41) is 0. The molecular weight excluding hydrogens is 666 g/mol. The Morgan fingerprint density at radius 1 is 0.588 bits per heavy atom. The van der Waals surface area contributed by atoms with E-state index in [0.29, 0.717) is 5.41 Å². The van der Waals surface area contributed by atoms with Gasteiger partial charge in [0, 0.05) is 196 Å². The standard InChI is InChI=1S/C11H15.6Y/c1-11-5-8-2-9(6-11)4-10(3-8)7-11;;;;;;/h2-7H2,1H3;;;;;;/q-3;;;;;;. The molecule has 0 amide bonds. The molecule has 6 heteroatoms. The van der Waals surface area contributed by atoms with Gasteiger partial charge in [0.1, 0.15) is 0 Å². The Morgan fingerprint density at radius 2 is 0.824 bits per heavy atom. The first kappa shape index (κ1) is 31.4. The maximum Gasteiger partial charge on any atom is 0 e. The molecule has 0 heterocycles. The molecule has 4 aliphatic carbocycles. The van der Waals surface area contributed by atoms with E-state index in [1.54, 1.807) is 0 Å². The van der Waals surface area contributed by atoms with Crippen LogP contribution in [0.4, 0.5) is 0 Å². The summed E-state index contributed by atoms with van der Waals surface area (Å²) in [5.41, 5.74) is 0.689. The Labute approximate surface area is 258 Å². The molecule has 0 saturated heterocycles. The predicted molar refractivity (Wildman–Crippen MR) is 45.5 cm³/mol. The topological polar surface area (TPSA) is 0 Å². The molecule has 6 radical (unpaired) electrons. The van der Waals surface area contributed by atoms with Crippen molar-refractivity contribution in [2.75, 3.05) is 0 Å². The molecule has 4 saturated carbocycles. The van der Waals surface area contributed by atoms with Crippen molar-refractivity contribution >= 4 is 0 Å². The molecule has 4 fully saturated rings. The Hall–Kier alpha value is 6.62. The van der Waals surface area contributed by atoms with E-state index in [9.17, 15) is 0 Å². The van der Waals surface area contributed by atoms with Gasteiger partial charge in [-0.05, 0) is 0 Å². The number of hydrogen-bond acceptors (Lipinski definition) is 0. The van der Waals surface area contributed by atoms with Crippen LogP contribution in [0.1, 0.15) is 45.4 Å². The van der Waals surface area contributed by atoms with E-state index in [4.69, 9.17) is 0 Å². The summed E-state index contributed by atoms with van der Waals surface area (Å²) in [6, 6.07) is 0. The van der Waals surface area contributed by atoms with Crippen LogP contribution in [0.3, 0.4) is 0 Å². The van der Waals surface area contributed by atoms with Crippen LogP contribution < -0.4 is 0 Å². The summed E-state index contributed by atoms with van der Waals surface area (Å²) in [4.78, 5) is 0. The molecule has 4 bridgehead atoms. The Kier molecular flexibility index (Phi) is 25.6. The first-order valence-electron chi connectivity index (χ1n) is 4.74. The molecule has 0 unspecified atom stereocenters. The number of hydrogen-bond donors (Lipinski definition) is 0. The van der Waals surface area contributed by atoms with Gasteiger partial charge in [0.2, 0.25) is 0 Å². The van der Waals surface area contributed by atoms with E-state index < -0.39 is 0 Å². The average molecular weight is 681 g/mol. The summed E-state index contributed by atoms with van der Waals surface area (Å²) in [5.74, 6) is 5.55. The van der Waals surface area contributed by atoms with Gasteiger partial charge in [-0.1, -0.05) is 6.92 Å². The summed E-state index contributed by atoms with van der Waals surface area (Å²) in [6.07, 6.45) is 8.54. The van der Waals surface area contributed by atoms with E-state index in [1.165, 1.54) is 38.5 Å². The van der Waals surface area contributed by atoms with Crippen molar-refractivity contribution in [2.45, 2.75) is 45.4 Å². The second-order valence-corrected chi connectivity index (χ2v) is 5.12. The molecule has 0 aromatic rings. The molecule has 4 rings (SSSR count). The molecule has 0 aliphatic heterocycles. The van der Waals surface area contributed by atoms with Crippen LogP contribution in [-0.4, -0.2) is 0 Å². The fourth-order valence-electron chi connectivity index (χ4n) is 3.62. The van der Waals surface area contributed by atoms with Gasteiger partial charge in [-0.3, -0.25) is 0 Å². The Bertz CT molecular complexity index is 161. The van der Waals surface area contributed by atoms with E-state index in [-0.39, 0.29) is 196 Å². The first-order valence-corrected chi connectivity index (χ1v) is 4.74. The zero-order chi connectivity index (χ0) is 7.47. The summed E-state index contributed by atoms with van der Waals surface area (Å²) < 4.78 is 0. The monoisotopic (exact) mass is 681 g/mol. The molecule has 0 atom stereocenters. The van der Waals surface area contributed by atoms with Gasteiger partial charge in [-0.2, -0.15) is 19.3 Å². The van der Waals surface area contributed by atoms with Crippen molar-refractivity contribution in [3.63, 3.8) is 0 Å². The predicted octanol–water partition coefficient (Wildman–Crippen LogP) is 3.08. The van der Waals surface area contributed by atoms with Gasteiger partial charge in [-0.15, -0.1) is 5.41 Å². The third-order valence-corrected chi connectivity index (χ3v) is 3.53. The molecule has 4 aliphatic rings. The summed E-state index contributed by atoms with van der Waals surface area (Å²) in [6.45, 7) is 2.48. The van der Waals surface area contributed by atoms with Crippen molar-refractivity contribution in [3.05, 3.63) is 17.8 Å². The van der Waals surface area contributed by atoms with Crippen molar-refractivity contribution in [1.82, 2.24) is 0 Å². The minimum absolute atomic E-state index is 0. The minimum Gasteiger partial charge on any atom is -0.371 e. The van der Waals surface area contributed by atoms with Crippen LogP contribution >= 0.6 is 0 Å². The summed E-state index contributed by atoms with van der Waals surface area (Å²) in [7, 11) is 0. The van der Waals surface area contributed by atoms with Crippen LogP contribution in [0.25, 0.3) is 0 Å². The van der Waals surface area contributed by atoms with Gasteiger partial charge >= 0.3 is 0 Å². The smallest absolute Gasteiger partial charge is 0 e. The van der Waals surface area contributed by atoms with Crippen molar-refractivity contribution in [2.24, 2.45) is 5.41 Å². The van der Waals surface area contributed by atoms with Crippen molar-refractivity contribution < 1.29 is 196 Å². The van der Waals surface area contributed by atoms with Gasteiger partial charge in [0.15, 0.2) is 0 Å². The van der Waals surface area contributed by atoms with E-state index in [0.717, 1.165) is 0 Å². The fraction of sp³-hybridized carbons (Fsp3) is 0.727. The van der Waals surface area contributed by atoms with Gasteiger partial charge in [-0.25, -0.2) is 0 Å². The van der Waals surface area contributed by atoms with E-state index in [1.807, 2.05) is 17.8 Å². The fourth-order valence-corrected chi connectivity index (χ4v) is 3.62. The van der Waals surface area contributed by atoms with Crippen molar-refractivity contribution in [3.8, 4) is 0 Å². The van der Waals surface area contributed by atoms with Gasteiger partial charge < -0.3 is 37.0 Å². The molecule has 0 aromatic heterocycles. The van der Waals surface area contributed by atoms with Crippen LogP contribution in [0, 0.1) is 23.2 Å². The zero-order valence-electron chi connectivity index (χ0n) is 10.7. The SMILES string of the molecule is CC12C[C-]3C[C-](C[C-](C3)C1)C2.[Y].[Y].[Y].[Y].[Y].[Y]. The van der Waals surface area contributed by atoms with Crippen molar-refractivity contribution in [1.29, 1.82) is 0 Å². The molecular formula is C11H15Y6-3. The third kappa shape index (κ3) is 8.51. The Balaban J connectivity index is -0.000000141. The maximum atomic E-state index is 2.48. The van der Waals surface area contributed by atoms with E-state index >= 15 is 0 Å². The summed E-state index contributed by atoms with van der Waals surface area (Å²) >= 11 is 0. The van der Waals surface area contributed by atoms with Gasteiger partial charge in [0.25, 0.3) is 0 Å². The largest absolute Gasteiger partial charge is 0.371 e. The first-order chi connectivity index (χ1) is 5.23. The van der Waals surface area contributed by atoms with Crippen LogP contribution in [0.2, 0.25) is 0 Å². The average Bonchev–Trinajstić information content (AvgIpc) is 1.79. The van der Waals surface area contributed by atoms with Gasteiger partial charge in [0.05, 0.1) is 0 Å². The zero-order valence-corrected chi connectivity index (χ0v) is 27.7. The second kappa shape index (κ2) is 13.9. The second-order valence-electron chi connectivity index (χ2n) is 5.12. The molecule has 80 valence electrons. The third-order valence-electron chi connectivity index (χ3n) is 3.53. The van der Waals surface area contributed by atoms with E-state index in [2.05, 4.69) is 6.92 Å². The molecule has 0 spiro atoms. The molecule has 0 nitrogen and oxygen atoms in total. The molecule has 0 aromatic carbocycles. The molecule has 17 heavy (non-hydrogen) atoms. The Morgan fingerprint density at radius 3 is 1.00 bits per heavy atom.